The molecule has 3 aromatic rings. The summed E-state index contributed by atoms with van der Waals surface area (Å²) in [6.07, 6.45) is 0. The van der Waals surface area contributed by atoms with E-state index in [1.54, 1.807) is 56.3 Å². The quantitative estimate of drug-likeness (QED) is 0.322. The largest absolute Gasteiger partial charge is 0.493 e. The Labute approximate surface area is 196 Å². The second-order valence-electron chi connectivity index (χ2n) is 6.65. The van der Waals surface area contributed by atoms with Gasteiger partial charge in [0.15, 0.2) is 0 Å². The Balaban J connectivity index is 2.31. The van der Waals surface area contributed by atoms with Gasteiger partial charge in [-0.2, -0.15) is 0 Å². The van der Waals surface area contributed by atoms with Crippen molar-refractivity contribution in [2.75, 3.05) is 13.2 Å². The summed E-state index contributed by atoms with van der Waals surface area (Å²) < 4.78 is 25.8. The third-order valence-electron chi connectivity index (χ3n) is 4.67. The molecule has 0 N–H and O–H groups in total. The van der Waals surface area contributed by atoms with E-state index in [2.05, 4.69) is 0 Å². The highest BCUT2D eigenvalue weighted by atomic mass is 35.5. The number of halogens is 2. The van der Waals surface area contributed by atoms with Gasteiger partial charge in [-0.3, -0.25) is 9.59 Å². The molecule has 3 rings (SSSR count). The molecule has 0 amide bonds. The van der Waals surface area contributed by atoms with Crippen molar-refractivity contribution in [3.05, 3.63) is 87.9 Å². The van der Waals surface area contributed by atoms with Gasteiger partial charge in [-0.05, 0) is 38.1 Å². The van der Waals surface area contributed by atoms with Crippen molar-refractivity contribution in [2.24, 2.45) is 0 Å². The fourth-order valence-electron chi connectivity index (χ4n) is 3.26. The Kier molecular flexibility index (Phi) is 7.78. The molecule has 0 fully saturated rings. The number of carbonyl (C=O) groups is 2. The van der Waals surface area contributed by atoms with Crippen LogP contribution < -0.4 is 14.8 Å². The van der Waals surface area contributed by atoms with E-state index in [1.807, 2.05) is 0 Å². The number of rotatable bonds is 9. The molecular formula is C24H21Cl2O5P. The minimum Gasteiger partial charge on any atom is -0.493 e. The predicted octanol–water partition coefficient (Wildman–Crippen LogP) is 6.46. The fourth-order valence-corrected chi connectivity index (χ4v) is 6.29. The maximum Gasteiger partial charge on any atom is 0.249 e. The summed E-state index contributed by atoms with van der Waals surface area (Å²) in [6.45, 7) is 4.03. The Morgan fingerprint density at radius 3 is 1.69 bits per heavy atom. The van der Waals surface area contributed by atoms with Crippen LogP contribution in [-0.4, -0.2) is 24.3 Å². The number of hydrogen-bond acceptors (Lipinski definition) is 5. The van der Waals surface area contributed by atoms with Crippen molar-refractivity contribution < 1.29 is 23.6 Å². The molecule has 1 atom stereocenters. The average Bonchev–Trinajstić information content (AvgIpc) is 2.79. The molecule has 5 nitrogen and oxygen atoms in total. The average molecular weight is 491 g/mol. The van der Waals surface area contributed by atoms with Gasteiger partial charge < -0.3 is 14.0 Å². The van der Waals surface area contributed by atoms with Crippen molar-refractivity contribution >= 4 is 46.7 Å². The summed E-state index contributed by atoms with van der Waals surface area (Å²) >= 11 is 12.5. The maximum absolute atomic E-state index is 14.5. The molecule has 32 heavy (non-hydrogen) atoms. The van der Waals surface area contributed by atoms with Crippen LogP contribution in [0.25, 0.3) is 0 Å². The van der Waals surface area contributed by atoms with Crippen LogP contribution >= 0.6 is 30.3 Å². The molecule has 3 aromatic carbocycles. The lowest BCUT2D eigenvalue weighted by Gasteiger charge is -2.21. The number of ether oxygens (including phenoxy) is 2. The Morgan fingerprint density at radius 1 is 0.719 bits per heavy atom. The minimum absolute atomic E-state index is 0.00887. The zero-order chi connectivity index (χ0) is 23.3. The van der Waals surface area contributed by atoms with E-state index >= 15 is 0 Å². The summed E-state index contributed by atoms with van der Waals surface area (Å²) in [6, 6.07) is 17.1. The summed E-state index contributed by atoms with van der Waals surface area (Å²) in [4.78, 5) is 27.7. The highest BCUT2D eigenvalue weighted by Gasteiger charge is 2.46. The van der Waals surface area contributed by atoms with Crippen LogP contribution in [0.4, 0.5) is 0 Å². The van der Waals surface area contributed by atoms with Gasteiger partial charge in [0.25, 0.3) is 0 Å². The summed E-state index contributed by atoms with van der Waals surface area (Å²) in [5, 5.41) is 0.0869. The van der Waals surface area contributed by atoms with Gasteiger partial charge in [0.05, 0.1) is 28.8 Å². The Morgan fingerprint density at radius 2 is 1.19 bits per heavy atom. The molecule has 8 heteroatoms. The van der Waals surface area contributed by atoms with Crippen LogP contribution in [0, 0.1) is 0 Å². The fraction of sp³-hybridized carbons (Fsp3) is 0.167. The molecule has 0 aliphatic carbocycles. The van der Waals surface area contributed by atoms with Crippen LogP contribution in [0.2, 0.25) is 10.0 Å². The molecule has 166 valence electrons. The van der Waals surface area contributed by atoms with E-state index in [4.69, 9.17) is 32.7 Å². The van der Waals surface area contributed by atoms with Gasteiger partial charge in [0, 0.05) is 5.30 Å². The molecular weight excluding hydrogens is 470 g/mol. The standard InChI is InChI=1S/C24H21Cl2O5P/c1-3-30-19-14-9-15-20(31-4-2)22(19)24(28)32(29,16-10-6-5-7-11-16)23(27)21-17(25)12-8-13-18(21)26/h5-15H,3-4H2,1-2H3. The summed E-state index contributed by atoms with van der Waals surface area (Å²) in [5.74, 6) is 0.357. The lowest BCUT2D eigenvalue weighted by Crippen LogP contribution is -2.22. The van der Waals surface area contributed by atoms with E-state index in [0.29, 0.717) is 0 Å². The number of carbonyl (C=O) groups excluding carboxylic acids is 2. The third kappa shape index (κ3) is 4.47. The first kappa shape index (κ1) is 24.1. The van der Waals surface area contributed by atoms with Crippen LogP contribution in [-0.2, 0) is 4.57 Å². The van der Waals surface area contributed by atoms with Crippen LogP contribution in [0.5, 0.6) is 11.5 Å². The van der Waals surface area contributed by atoms with E-state index in [0.717, 1.165) is 0 Å². The lowest BCUT2D eigenvalue weighted by molar-refractivity contribution is 0.103. The number of hydrogen-bond donors (Lipinski definition) is 0. The van der Waals surface area contributed by atoms with E-state index in [-0.39, 0.29) is 51.2 Å². The first-order chi connectivity index (χ1) is 15.4. The monoisotopic (exact) mass is 490 g/mol. The van der Waals surface area contributed by atoms with Gasteiger partial charge >= 0.3 is 0 Å². The second-order valence-corrected chi connectivity index (χ2v) is 10.0. The van der Waals surface area contributed by atoms with Crippen molar-refractivity contribution in [3.63, 3.8) is 0 Å². The SMILES string of the molecule is CCOc1cccc(OCC)c1C(=O)P(=O)(C(=O)c1c(Cl)cccc1Cl)c1ccccc1. The van der Waals surface area contributed by atoms with E-state index < -0.39 is 18.2 Å². The van der Waals surface area contributed by atoms with Crippen molar-refractivity contribution in [2.45, 2.75) is 13.8 Å². The van der Waals surface area contributed by atoms with Crippen LogP contribution in [0.1, 0.15) is 34.6 Å². The second kappa shape index (κ2) is 10.4. The van der Waals surface area contributed by atoms with Gasteiger partial charge in [-0.1, -0.05) is 65.7 Å². The molecule has 0 aromatic heterocycles. The minimum atomic E-state index is -4.46. The normalized spacial score (nSPS) is 12.6. The predicted molar refractivity (Wildman–Crippen MR) is 128 cm³/mol. The molecule has 1 unspecified atom stereocenters. The molecule has 0 saturated carbocycles. The first-order valence-electron chi connectivity index (χ1n) is 9.94. The summed E-state index contributed by atoms with van der Waals surface area (Å²) in [5.41, 5.74) is -2.07. The smallest absolute Gasteiger partial charge is 0.249 e. The van der Waals surface area contributed by atoms with Gasteiger partial charge in [-0.15, -0.1) is 0 Å². The highest BCUT2D eigenvalue weighted by Crippen LogP contribution is 2.55. The Hall–Kier alpha value is -2.59. The van der Waals surface area contributed by atoms with E-state index in [1.165, 1.54) is 24.3 Å². The summed E-state index contributed by atoms with van der Waals surface area (Å²) in [7, 11) is -4.46. The van der Waals surface area contributed by atoms with Crippen molar-refractivity contribution in [1.29, 1.82) is 0 Å². The van der Waals surface area contributed by atoms with Crippen LogP contribution in [0.3, 0.4) is 0 Å². The molecule has 0 heterocycles. The topological polar surface area (TPSA) is 69.7 Å². The highest BCUT2D eigenvalue weighted by molar-refractivity contribution is 8.01. The molecule has 0 bridgehead atoms. The van der Waals surface area contributed by atoms with Crippen molar-refractivity contribution in [3.8, 4) is 11.5 Å². The number of benzene rings is 3. The van der Waals surface area contributed by atoms with Gasteiger partial charge in [0.1, 0.15) is 17.1 Å². The molecule has 0 aliphatic rings. The Bertz CT molecular complexity index is 1150. The maximum atomic E-state index is 14.5. The molecule has 0 radical (unpaired) electrons. The van der Waals surface area contributed by atoms with Gasteiger partial charge in [-0.25, -0.2) is 0 Å². The van der Waals surface area contributed by atoms with Gasteiger partial charge in [0.2, 0.25) is 18.2 Å². The molecule has 0 aliphatic heterocycles. The lowest BCUT2D eigenvalue weighted by atomic mass is 10.2. The molecule has 0 saturated heterocycles. The zero-order valence-corrected chi connectivity index (χ0v) is 19.9. The first-order valence-corrected chi connectivity index (χ1v) is 12.4. The van der Waals surface area contributed by atoms with Crippen LogP contribution in [0.15, 0.2) is 66.7 Å². The third-order valence-corrected chi connectivity index (χ3v) is 7.92. The molecule has 0 spiro atoms. The zero-order valence-electron chi connectivity index (χ0n) is 17.5. The van der Waals surface area contributed by atoms with E-state index in [9.17, 15) is 14.2 Å². The van der Waals surface area contributed by atoms with Crippen molar-refractivity contribution in [1.82, 2.24) is 0 Å².